The van der Waals surface area contributed by atoms with Crippen molar-refractivity contribution in [3.63, 3.8) is 0 Å². The molecule has 4 heteroatoms. The predicted octanol–water partition coefficient (Wildman–Crippen LogP) is 4.47. The van der Waals surface area contributed by atoms with Crippen LogP contribution in [0.3, 0.4) is 0 Å². The maximum atomic E-state index is 6.21. The average molecular weight is 303 g/mol. The summed E-state index contributed by atoms with van der Waals surface area (Å²) in [6.07, 6.45) is 0.952. The van der Waals surface area contributed by atoms with Crippen LogP contribution in [0, 0.1) is 0 Å². The lowest BCUT2D eigenvalue weighted by molar-refractivity contribution is 0.871. The van der Waals surface area contributed by atoms with Crippen molar-refractivity contribution in [2.75, 3.05) is 11.9 Å². The summed E-state index contributed by atoms with van der Waals surface area (Å²) >= 11 is 8.00. The van der Waals surface area contributed by atoms with Crippen LogP contribution in [0.15, 0.2) is 59.6 Å². The number of thioether (sulfide) groups is 1. The van der Waals surface area contributed by atoms with Crippen LogP contribution < -0.4 is 5.32 Å². The summed E-state index contributed by atoms with van der Waals surface area (Å²) in [6, 6.07) is 18.2. The van der Waals surface area contributed by atoms with Gasteiger partial charge in [0.15, 0.2) is 5.17 Å². The van der Waals surface area contributed by atoms with Gasteiger partial charge in [0.1, 0.15) is 0 Å². The summed E-state index contributed by atoms with van der Waals surface area (Å²) in [4.78, 5) is 4.56. The topological polar surface area (TPSA) is 24.4 Å². The molecule has 1 heterocycles. The van der Waals surface area contributed by atoms with Gasteiger partial charge in [-0.2, -0.15) is 0 Å². The molecule has 0 bridgehead atoms. The molecule has 0 amide bonds. The number of nitrogens with zero attached hydrogens (tertiary/aromatic N) is 1. The first-order valence-electron chi connectivity index (χ1n) is 6.58. The van der Waals surface area contributed by atoms with E-state index in [0.717, 1.165) is 28.8 Å². The largest absolute Gasteiger partial charge is 0.335 e. The second-order valence-electron chi connectivity index (χ2n) is 4.67. The molecule has 1 aliphatic rings. The summed E-state index contributed by atoms with van der Waals surface area (Å²) in [5.74, 6) is 0. The molecule has 1 aliphatic heterocycles. The number of amidine groups is 1. The quantitative estimate of drug-likeness (QED) is 0.905. The third-order valence-electron chi connectivity index (χ3n) is 3.15. The van der Waals surface area contributed by atoms with E-state index >= 15 is 0 Å². The Kier molecular flexibility index (Phi) is 4.28. The number of nitrogens with one attached hydrogen (secondary N) is 1. The summed E-state index contributed by atoms with van der Waals surface area (Å²) in [7, 11) is 0. The second kappa shape index (κ2) is 6.33. The number of anilines is 1. The Balaban J connectivity index is 1.58. The van der Waals surface area contributed by atoms with Gasteiger partial charge in [-0.3, -0.25) is 4.99 Å². The second-order valence-corrected chi connectivity index (χ2v) is 6.37. The van der Waals surface area contributed by atoms with E-state index in [-0.39, 0.29) is 0 Å². The smallest absolute Gasteiger partial charge is 0.161 e. The minimum atomic E-state index is 0.459. The lowest BCUT2D eigenvalue weighted by Crippen LogP contribution is -2.10. The fourth-order valence-electron chi connectivity index (χ4n) is 2.15. The first-order chi connectivity index (χ1) is 9.81. The minimum Gasteiger partial charge on any atom is -0.335 e. The van der Waals surface area contributed by atoms with Crippen LogP contribution in [0.5, 0.6) is 0 Å². The zero-order valence-corrected chi connectivity index (χ0v) is 12.5. The molecule has 0 aromatic heterocycles. The third kappa shape index (κ3) is 3.35. The SMILES string of the molecule is Clc1ccccc1CC1CN=C(Nc2ccccc2)S1. The van der Waals surface area contributed by atoms with E-state index in [0.29, 0.717) is 5.25 Å². The molecule has 2 aromatic carbocycles. The molecule has 0 aliphatic carbocycles. The van der Waals surface area contributed by atoms with Crippen LogP contribution in [0.25, 0.3) is 0 Å². The molecule has 102 valence electrons. The number of para-hydroxylation sites is 1. The molecule has 1 N–H and O–H groups in total. The molecule has 0 saturated carbocycles. The van der Waals surface area contributed by atoms with E-state index in [4.69, 9.17) is 11.6 Å². The van der Waals surface area contributed by atoms with Crippen molar-refractivity contribution >= 4 is 34.2 Å². The molecular formula is C16H15ClN2S. The first-order valence-corrected chi connectivity index (χ1v) is 7.83. The monoisotopic (exact) mass is 302 g/mol. The molecule has 0 fully saturated rings. The van der Waals surface area contributed by atoms with E-state index < -0.39 is 0 Å². The van der Waals surface area contributed by atoms with Gasteiger partial charge in [-0.25, -0.2) is 0 Å². The third-order valence-corrected chi connectivity index (χ3v) is 4.62. The lowest BCUT2D eigenvalue weighted by atomic mass is 10.1. The van der Waals surface area contributed by atoms with Crippen LogP contribution >= 0.6 is 23.4 Å². The highest BCUT2D eigenvalue weighted by Gasteiger charge is 2.20. The normalized spacial score (nSPS) is 17.9. The van der Waals surface area contributed by atoms with Gasteiger partial charge in [0, 0.05) is 16.0 Å². The highest BCUT2D eigenvalue weighted by molar-refractivity contribution is 8.15. The van der Waals surface area contributed by atoms with Crippen LogP contribution in [-0.2, 0) is 6.42 Å². The number of rotatable bonds is 3. The standard InChI is InChI=1S/C16H15ClN2S/c17-15-9-5-4-6-12(15)10-14-11-18-16(20-14)19-13-7-2-1-3-8-13/h1-9,14H,10-11H2,(H,18,19). The molecule has 0 radical (unpaired) electrons. The van der Waals surface area contributed by atoms with Crippen molar-refractivity contribution < 1.29 is 0 Å². The zero-order chi connectivity index (χ0) is 13.8. The first kappa shape index (κ1) is 13.5. The molecule has 1 atom stereocenters. The van der Waals surface area contributed by atoms with Gasteiger partial charge >= 0.3 is 0 Å². The van der Waals surface area contributed by atoms with Crippen LogP contribution in [0.1, 0.15) is 5.56 Å². The predicted molar refractivity (Wildman–Crippen MR) is 88.9 cm³/mol. The van der Waals surface area contributed by atoms with Crippen molar-refractivity contribution in [2.45, 2.75) is 11.7 Å². The Labute approximate surface area is 128 Å². The van der Waals surface area contributed by atoms with Crippen LogP contribution in [0.2, 0.25) is 5.02 Å². The zero-order valence-electron chi connectivity index (χ0n) is 10.9. The lowest BCUT2D eigenvalue weighted by Gasteiger charge is -2.10. The molecule has 3 rings (SSSR count). The summed E-state index contributed by atoms with van der Waals surface area (Å²) < 4.78 is 0. The van der Waals surface area contributed by atoms with Crippen LogP contribution in [0.4, 0.5) is 5.69 Å². The maximum Gasteiger partial charge on any atom is 0.161 e. The fourth-order valence-corrected chi connectivity index (χ4v) is 3.41. The highest BCUT2D eigenvalue weighted by atomic mass is 35.5. The van der Waals surface area contributed by atoms with Crippen LogP contribution in [-0.4, -0.2) is 17.0 Å². The minimum absolute atomic E-state index is 0.459. The number of benzene rings is 2. The van der Waals surface area contributed by atoms with Crippen molar-refractivity contribution in [1.29, 1.82) is 0 Å². The molecule has 20 heavy (non-hydrogen) atoms. The maximum absolute atomic E-state index is 6.21. The van der Waals surface area contributed by atoms with Crippen molar-refractivity contribution in [3.8, 4) is 0 Å². The van der Waals surface area contributed by atoms with E-state index in [2.05, 4.69) is 16.4 Å². The summed E-state index contributed by atoms with van der Waals surface area (Å²) in [5, 5.41) is 5.65. The number of hydrogen-bond acceptors (Lipinski definition) is 3. The van der Waals surface area contributed by atoms with Gasteiger partial charge in [0.05, 0.1) is 6.54 Å². The van der Waals surface area contributed by atoms with Crippen molar-refractivity contribution in [3.05, 3.63) is 65.2 Å². The van der Waals surface area contributed by atoms with Crippen molar-refractivity contribution in [2.24, 2.45) is 4.99 Å². The molecule has 2 nitrogen and oxygen atoms in total. The van der Waals surface area contributed by atoms with Gasteiger partial charge in [-0.15, -0.1) is 0 Å². The van der Waals surface area contributed by atoms with E-state index in [9.17, 15) is 0 Å². The number of hydrogen-bond donors (Lipinski definition) is 1. The van der Waals surface area contributed by atoms with Gasteiger partial charge in [0.25, 0.3) is 0 Å². The van der Waals surface area contributed by atoms with Gasteiger partial charge in [-0.05, 0) is 30.2 Å². The Morgan fingerprint density at radius 2 is 1.85 bits per heavy atom. The van der Waals surface area contributed by atoms with E-state index in [1.54, 1.807) is 11.8 Å². The molecule has 0 spiro atoms. The van der Waals surface area contributed by atoms with Crippen molar-refractivity contribution in [1.82, 2.24) is 0 Å². The summed E-state index contributed by atoms with van der Waals surface area (Å²) in [6.45, 7) is 0.838. The Morgan fingerprint density at radius 3 is 2.65 bits per heavy atom. The molecular weight excluding hydrogens is 288 g/mol. The van der Waals surface area contributed by atoms with Gasteiger partial charge < -0.3 is 5.32 Å². The molecule has 0 saturated heterocycles. The Hall–Kier alpha value is -1.45. The van der Waals surface area contributed by atoms with Gasteiger partial charge in [-0.1, -0.05) is 59.8 Å². The fraction of sp³-hybridized carbons (Fsp3) is 0.188. The number of aliphatic imine (C=N–C) groups is 1. The van der Waals surface area contributed by atoms with Gasteiger partial charge in [0.2, 0.25) is 0 Å². The molecule has 2 aromatic rings. The summed E-state index contributed by atoms with van der Waals surface area (Å²) in [5.41, 5.74) is 2.28. The van der Waals surface area contributed by atoms with E-state index in [1.165, 1.54) is 5.56 Å². The Bertz CT molecular complexity index is 613. The van der Waals surface area contributed by atoms with E-state index in [1.807, 2.05) is 48.5 Å². The highest BCUT2D eigenvalue weighted by Crippen LogP contribution is 2.27. The Morgan fingerprint density at radius 1 is 1.10 bits per heavy atom. The average Bonchev–Trinajstić information content (AvgIpc) is 2.90. The molecule has 1 unspecified atom stereocenters. The number of halogens is 1.